The Bertz CT molecular complexity index is 1350. The number of fused-ring (bicyclic) bond motifs is 2. The number of hydrogen-bond acceptors (Lipinski definition) is 7. The molecule has 2 fully saturated rings. The quantitative estimate of drug-likeness (QED) is 0.336. The van der Waals surface area contributed by atoms with E-state index in [1.165, 1.54) is 32.9 Å². The van der Waals surface area contributed by atoms with E-state index in [-0.39, 0.29) is 72.1 Å². The Hall–Kier alpha value is -3.58. The van der Waals surface area contributed by atoms with Crippen LogP contribution in [0.5, 0.6) is 11.5 Å². The van der Waals surface area contributed by atoms with Crippen LogP contribution in [-0.4, -0.2) is 101 Å². The molecule has 1 aromatic carbocycles. The molecule has 40 heavy (non-hydrogen) atoms. The number of alkyl halides is 3. The van der Waals surface area contributed by atoms with E-state index in [4.69, 9.17) is 16.3 Å². The van der Waals surface area contributed by atoms with Crippen molar-refractivity contribution in [3.05, 3.63) is 47.3 Å². The number of pyridine rings is 1. The van der Waals surface area contributed by atoms with Crippen molar-refractivity contribution in [3.8, 4) is 22.8 Å². The van der Waals surface area contributed by atoms with Gasteiger partial charge in [-0.15, -0.1) is 0 Å². The summed E-state index contributed by atoms with van der Waals surface area (Å²) < 4.78 is 61.4. The van der Waals surface area contributed by atoms with Gasteiger partial charge in [0.05, 0.1) is 11.6 Å². The SMILES string of the molecule is C=CC(=O)N1CCN2C(=O)c3c(N4CCN(C(F)(F)F)C[C@@H]4C)nc(-c4c(O)cccc4F)c(Cl)c3OC[C@H]2C1. The van der Waals surface area contributed by atoms with Gasteiger partial charge in [-0.1, -0.05) is 24.2 Å². The predicted molar refractivity (Wildman–Crippen MR) is 138 cm³/mol. The van der Waals surface area contributed by atoms with Gasteiger partial charge in [0.1, 0.15) is 40.3 Å². The zero-order valence-corrected chi connectivity index (χ0v) is 22.2. The summed E-state index contributed by atoms with van der Waals surface area (Å²) in [6.45, 7) is 4.61. The maximum Gasteiger partial charge on any atom is 0.460 e. The van der Waals surface area contributed by atoms with Crippen LogP contribution >= 0.6 is 11.6 Å². The molecule has 2 aromatic rings. The van der Waals surface area contributed by atoms with E-state index >= 15 is 0 Å². The van der Waals surface area contributed by atoms with Gasteiger partial charge in [-0.3, -0.25) is 9.59 Å². The summed E-state index contributed by atoms with van der Waals surface area (Å²) in [6.07, 6.45) is -3.36. The van der Waals surface area contributed by atoms with Gasteiger partial charge >= 0.3 is 6.30 Å². The van der Waals surface area contributed by atoms with Crippen molar-refractivity contribution >= 4 is 29.2 Å². The molecule has 2 amide bonds. The van der Waals surface area contributed by atoms with Crippen LogP contribution in [0, 0.1) is 5.82 Å². The molecule has 0 radical (unpaired) electrons. The summed E-state index contributed by atoms with van der Waals surface area (Å²) in [6, 6.07) is 2.31. The summed E-state index contributed by atoms with van der Waals surface area (Å²) in [5.74, 6) is -2.28. The first-order valence-corrected chi connectivity index (χ1v) is 12.9. The number of anilines is 1. The summed E-state index contributed by atoms with van der Waals surface area (Å²) in [5.41, 5.74) is -0.616. The Morgan fingerprint density at radius 2 is 1.90 bits per heavy atom. The van der Waals surface area contributed by atoms with Crippen LogP contribution < -0.4 is 9.64 Å². The lowest BCUT2D eigenvalue weighted by Crippen LogP contribution is -2.58. The van der Waals surface area contributed by atoms with Gasteiger partial charge < -0.3 is 24.5 Å². The minimum atomic E-state index is -4.54. The van der Waals surface area contributed by atoms with Gasteiger partial charge in [-0.2, -0.15) is 13.2 Å². The van der Waals surface area contributed by atoms with E-state index in [9.17, 15) is 32.3 Å². The van der Waals surface area contributed by atoms with Crippen LogP contribution in [-0.2, 0) is 4.79 Å². The van der Waals surface area contributed by atoms with Crippen LogP contribution in [0.4, 0.5) is 23.4 Å². The number of amides is 2. The molecule has 2 saturated heterocycles. The van der Waals surface area contributed by atoms with Crippen LogP contribution in [0.3, 0.4) is 0 Å². The predicted octanol–water partition coefficient (Wildman–Crippen LogP) is 3.51. The summed E-state index contributed by atoms with van der Waals surface area (Å²) in [4.78, 5) is 35.7. The number of aromatic nitrogens is 1. The Balaban J connectivity index is 1.64. The molecule has 0 bridgehead atoms. The van der Waals surface area contributed by atoms with Crippen molar-refractivity contribution in [2.75, 3.05) is 50.8 Å². The average Bonchev–Trinajstić information content (AvgIpc) is 3.05. The standard InChI is InChI=1S/C26H26ClF4N5O4/c1-3-18(38)33-7-9-36-15(12-33)13-40-23-20(25(36)39)24(35-10-8-34(11-14(35)2)26(29,30)31)32-22(21(23)27)19-16(28)5-4-6-17(19)37/h3-6,14-15,37H,1,7-13H2,2H3/t14-,15+/m0/s1. The fourth-order valence-electron chi connectivity index (χ4n) is 5.40. The van der Waals surface area contributed by atoms with Crippen molar-refractivity contribution in [2.24, 2.45) is 0 Å². The fourth-order valence-corrected chi connectivity index (χ4v) is 5.68. The van der Waals surface area contributed by atoms with Crippen molar-refractivity contribution in [2.45, 2.75) is 25.3 Å². The molecule has 1 aromatic heterocycles. The highest BCUT2D eigenvalue weighted by Crippen LogP contribution is 2.46. The number of nitrogens with zero attached hydrogens (tertiary/aromatic N) is 5. The fraction of sp³-hybridized carbons (Fsp3) is 0.423. The Kier molecular flexibility index (Phi) is 7.29. The zero-order valence-electron chi connectivity index (χ0n) is 21.4. The largest absolute Gasteiger partial charge is 0.507 e. The highest BCUT2D eigenvalue weighted by molar-refractivity contribution is 6.35. The molecule has 5 rings (SSSR count). The molecule has 0 aliphatic carbocycles. The number of benzene rings is 1. The molecule has 9 nitrogen and oxygen atoms in total. The molecule has 14 heteroatoms. The first-order chi connectivity index (χ1) is 18.9. The topological polar surface area (TPSA) is 89.5 Å². The lowest BCUT2D eigenvalue weighted by molar-refractivity contribution is -0.248. The number of hydrogen-bond donors (Lipinski definition) is 1. The second-order valence-electron chi connectivity index (χ2n) is 9.84. The average molecular weight is 584 g/mol. The number of ether oxygens (including phenoxy) is 1. The number of carbonyl (C=O) groups is 2. The third-order valence-corrected chi connectivity index (χ3v) is 7.78. The summed E-state index contributed by atoms with van der Waals surface area (Å²) in [7, 11) is 0. The number of piperazine rings is 2. The molecule has 0 saturated carbocycles. The molecule has 214 valence electrons. The number of halogens is 5. The number of rotatable bonds is 3. The molecule has 2 atom stereocenters. The molecular formula is C26H26ClF4N5O4. The first kappa shape index (κ1) is 28.0. The molecule has 3 aliphatic rings. The molecule has 1 N–H and O–H groups in total. The highest BCUT2D eigenvalue weighted by atomic mass is 35.5. The normalized spacial score (nSPS) is 21.9. The Labute approximate surface area is 232 Å². The van der Waals surface area contributed by atoms with Gasteiger partial charge in [0, 0.05) is 45.3 Å². The first-order valence-electron chi connectivity index (χ1n) is 12.6. The van der Waals surface area contributed by atoms with E-state index in [1.807, 2.05) is 0 Å². The third kappa shape index (κ3) is 4.81. The minimum absolute atomic E-state index is 0.0263. The van der Waals surface area contributed by atoms with E-state index in [0.717, 1.165) is 6.07 Å². The van der Waals surface area contributed by atoms with Crippen LogP contribution in [0.25, 0.3) is 11.3 Å². The minimum Gasteiger partial charge on any atom is -0.507 e. The van der Waals surface area contributed by atoms with E-state index in [0.29, 0.717) is 4.90 Å². The van der Waals surface area contributed by atoms with Crippen molar-refractivity contribution in [1.29, 1.82) is 0 Å². The zero-order chi connectivity index (χ0) is 28.9. The smallest absolute Gasteiger partial charge is 0.460 e. The Morgan fingerprint density at radius 3 is 2.55 bits per heavy atom. The van der Waals surface area contributed by atoms with E-state index < -0.39 is 48.9 Å². The number of aromatic hydroxyl groups is 1. The molecule has 4 heterocycles. The number of phenolic OH excluding ortho intramolecular Hbond substituents is 1. The second-order valence-corrected chi connectivity index (χ2v) is 10.2. The van der Waals surface area contributed by atoms with Gasteiger partial charge in [0.2, 0.25) is 5.91 Å². The van der Waals surface area contributed by atoms with Crippen molar-refractivity contribution < 1.29 is 37.0 Å². The van der Waals surface area contributed by atoms with Gasteiger partial charge in [-0.25, -0.2) is 14.3 Å². The molecule has 0 unspecified atom stereocenters. The van der Waals surface area contributed by atoms with Crippen molar-refractivity contribution in [3.63, 3.8) is 0 Å². The van der Waals surface area contributed by atoms with E-state index in [2.05, 4.69) is 11.6 Å². The lowest BCUT2D eigenvalue weighted by atomic mass is 10.0. The Morgan fingerprint density at radius 1 is 1.18 bits per heavy atom. The molecule has 3 aliphatic heterocycles. The monoisotopic (exact) mass is 583 g/mol. The van der Waals surface area contributed by atoms with Gasteiger partial charge in [0.25, 0.3) is 5.91 Å². The van der Waals surface area contributed by atoms with Crippen LogP contribution in [0.1, 0.15) is 17.3 Å². The maximum atomic E-state index is 15.0. The highest BCUT2D eigenvalue weighted by Gasteiger charge is 2.45. The van der Waals surface area contributed by atoms with Crippen molar-refractivity contribution in [1.82, 2.24) is 19.7 Å². The lowest BCUT2D eigenvalue weighted by Gasteiger charge is -2.42. The maximum absolute atomic E-state index is 15.0. The third-order valence-electron chi connectivity index (χ3n) is 7.43. The number of carbonyl (C=O) groups excluding carboxylic acids is 2. The number of phenols is 1. The van der Waals surface area contributed by atoms with Gasteiger partial charge in [-0.05, 0) is 25.1 Å². The van der Waals surface area contributed by atoms with Crippen LogP contribution in [0.2, 0.25) is 5.02 Å². The molecular weight excluding hydrogens is 558 g/mol. The van der Waals surface area contributed by atoms with Gasteiger partial charge in [0.15, 0.2) is 5.75 Å². The second kappa shape index (κ2) is 10.4. The van der Waals surface area contributed by atoms with E-state index in [1.54, 1.807) is 6.92 Å². The summed E-state index contributed by atoms with van der Waals surface area (Å²) >= 11 is 6.68. The molecule has 0 spiro atoms. The summed E-state index contributed by atoms with van der Waals surface area (Å²) in [5, 5.41) is 10.3. The van der Waals surface area contributed by atoms with Crippen LogP contribution in [0.15, 0.2) is 30.9 Å².